The molecule has 0 aromatic rings. The second-order valence-electron chi connectivity index (χ2n) is 6.10. The predicted molar refractivity (Wildman–Crippen MR) is 92.0 cm³/mol. The summed E-state index contributed by atoms with van der Waals surface area (Å²) in [7, 11) is 0. The van der Waals surface area contributed by atoms with Crippen LogP contribution in [0.25, 0.3) is 0 Å². The lowest BCUT2D eigenvalue weighted by Gasteiger charge is -2.06. The van der Waals surface area contributed by atoms with Crippen molar-refractivity contribution in [2.45, 2.75) is 104 Å². The topological polar surface area (TPSA) is 24.1 Å². The zero-order chi connectivity index (χ0) is 14.7. The van der Waals surface area contributed by atoms with Crippen LogP contribution in [-0.4, -0.2) is 13.1 Å². The van der Waals surface area contributed by atoms with Crippen molar-refractivity contribution in [3.05, 3.63) is 0 Å². The maximum Gasteiger partial charge on any atom is 0.00997 e. The molecule has 122 valence electrons. The van der Waals surface area contributed by atoms with Crippen LogP contribution in [0.15, 0.2) is 0 Å². The van der Waals surface area contributed by atoms with Gasteiger partial charge in [-0.25, -0.2) is 0 Å². The number of nitrogens with one attached hydrogen (secondary N) is 2. The monoisotopic (exact) mass is 284 g/mol. The number of hydrogen-bond acceptors (Lipinski definition) is 2. The highest BCUT2D eigenvalue weighted by Crippen LogP contribution is 2.11. The van der Waals surface area contributed by atoms with E-state index in [4.69, 9.17) is 0 Å². The van der Waals surface area contributed by atoms with Gasteiger partial charge in [-0.2, -0.15) is 0 Å². The molecule has 0 heterocycles. The third kappa shape index (κ3) is 17.9. The van der Waals surface area contributed by atoms with E-state index in [0.29, 0.717) is 0 Å². The Morgan fingerprint density at radius 3 is 1.20 bits per heavy atom. The average Bonchev–Trinajstić information content (AvgIpc) is 2.47. The summed E-state index contributed by atoms with van der Waals surface area (Å²) in [4.78, 5) is 0. The van der Waals surface area contributed by atoms with Crippen LogP contribution in [-0.2, 0) is 0 Å². The predicted octanol–water partition coefficient (Wildman–Crippen LogP) is 5.58. The van der Waals surface area contributed by atoms with Crippen molar-refractivity contribution < 1.29 is 0 Å². The molecule has 0 amide bonds. The van der Waals surface area contributed by atoms with E-state index in [-0.39, 0.29) is 0 Å². The maximum absolute atomic E-state index is 3.31. The van der Waals surface area contributed by atoms with Gasteiger partial charge in [-0.15, -0.1) is 0 Å². The standard InChI is InChI=1S/C18H40N2/c1-3-5-7-8-9-10-11-12-13-14-15-16-18-20-19-17-6-4-2/h19-20H,3-18H2,1-2H3. The van der Waals surface area contributed by atoms with Crippen molar-refractivity contribution in [3.8, 4) is 0 Å². The molecule has 0 rings (SSSR count). The van der Waals surface area contributed by atoms with Gasteiger partial charge in [0.2, 0.25) is 0 Å². The fraction of sp³-hybridized carbons (Fsp3) is 1.00. The second kappa shape index (κ2) is 18.9. The first-order valence-corrected chi connectivity index (χ1v) is 9.37. The molecule has 0 aromatic heterocycles. The minimum atomic E-state index is 1.11. The molecule has 2 nitrogen and oxygen atoms in total. The minimum absolute atomic E-state index is 1.11. The third-order valence-corrected chi connectivity index (χ3v) is 3.94. The van der Waals surface area contributed by atoms with Gasteiger partial charge in [0, 0.05) is 13.1 Å². The maximum atomic E-state index is 3.31. The molecule has 0 unspecified atom stereocenters. The van der Waals surface area contributed by atoms with Crippen LogP contribution in [0.2, 0.25) is 0 Å². The summed E-state index contributed by atoms with van der Waals surface area (Å²) in [6, 6.07) is 0. The molecule has 0 spiro atoms. The lowest BCUT2D eigenvalue weighted by Crippen LogP contribution is -2.33. The van der Waals surface area contributed by atoms with Crippen LogP contribution in [0.4, 0.5) is 0 Å². The molecule has 0 aliphatic carbocycles. The number of hydrazine groups is 1. The smallest absolute Gasteiger partial charge is 0.00997 e. The highest BCUT2D eigenvalue weighted by molar-refractivity contribution is 4.49. The Hall–Kier alpha value is -0.0800. The Labute approximate surface area is 128 Å². The molecule has 0 aliphatic heterocycles. The van der Waals surface area contributed by atoms with Crippen molar-refractivity contribution in [2.75, 3.05) is 13.1 Å². The van der Waals surface area contributed by atoms with Crippen LogP contribution in [0.1, 0.15) is 104 Å². The summed E-state index contributed by atoms with van der Waals surface area (Å²) in [5.41, 5.74) is 6.58. The summed E-state index contributed by atoms with van der Waals surface area (Å²) in [6.07, 6.45) is 19.7. The van der Waals surface area contributed by atoms with Crippen molar-refractivity contribution in [1.29, 1.82) is 0 Å². The zero-order valence-corrected chi connectivity index (χ0v) is 14.3. The number of hydrogen-bond donors (Lipinski definition) is 2. The van der Waals surface area contributed by atoms with Gasteiger partial charge < -0.3 is 0 Å². The first-order valence-electron chi connectivity index (χ1n) is 9.37. The number of unbranched alkanes of at least 4 members (excludes halogenated alkanes) is 12. The molecule has 0 radical (unpaired) electrons. The fourth-order valence-electron chi connectivity index (χ4n) is 2.50. The van der Waals surface area contributed by atoms with Crippen molar-refractivity contribution >= 4 is 0 Å². The Morgan fingerprint density at radius 2 is 0.750 bits per heavy atom. The van der Waals surface area contributed by atoms with Crippen molar-refractivity contribution in [1.82, 2.24) is 10.9 Å². The highest BCUT2D eigenvalue weighted by atomic mass is 15.3. The van der Waals surface area contributed by atoms with Gasteiger partial charge >= 0.3 is 0 Å². The first kappa shape index (κ1) is 19.9. The van der Waals surface area contributed by atoms with Crippen LogP contribution < -0.4 is 10.9 Å². The Balaban J connectivity index is 2.89. The van der Waals surface area contributed by atoms with E-state index >= 15 is 0 Å². The molecule has 0 saturated heterocycles. The van der Waals surface area contributed by atoms with Gasteiger partial charge in [0.1, 0.15) is 0 Å². The third-order valence-electron chi connectivity index (χ3n) is 3.94. The SMILES string of the molecule is CCCCCCCCCCCCCCNNCCCC. The minimum Gasteiger partial charge on any atom is -0.258 e. The van der Waals surface area contributed by atoms with Gasteiger partial charge in [0.15, 0.2) is 0 Å². The van der Waals surface area contributed by atoms with E-state index in [1.807, 2.05) is 0 Å². The Kier molecular flexibility index (Phi) is 18.8. The zero-order valence-electron chi connectivity index (χ0n) is 14.3. The van der Waals surface area contributed by atoms with E-state index in [1.54, 1.807) is 0 Å². The van der Waals surface area contributed by atoms with Crippen LogP contribution >= 0.6 is 0 Å². The molecule has 0 aromatic carbocycles. The van der Waals surface area contributed by atoms with Crippen molar-refractivity contribution in [3.63, 3.8) is 0 Å². The van der Waals surface area contributed by atoms with E-state index in [1.165, 1.54) is 89.9 Å². The van der Waals surface area contributed by atoms with Crippen molar-refractivity contribution in [2.24, 2.45) is 0 Å². The normalized spacial score (nSPS) is 11.1. The van der Waals surface area contributed by atoms with Gasteiger partial charge in [0.25, 0.3) is 0 Å². The quantitative estimate of drug-likeness (QED) is 0.269. The summed E-state index contributed by atoms with van der Waals surface area (Å²) in [6.45, 7) is 6.75. The molecule has 0 saturated carbocycles. The lowest BCUT2D eigenvalue weighted by atomic mass is 10.1. The molecule has 0 atom stereocenters. The molecule has 2 N–H and O–H groups in total. The van der Waals surface area contributed by atoms with E-state index in [9.17, 15) is 0 Å². The Morgan fingerprint density at radius 1 is 0.400 bits per heavy atom. The van der Waals surface area contributed by atoms with Gasteiger partial charge in [0.05, 0.1) is 0 Å². The summed E-state index contributed by atoms with van der Waals surface area (Å²) < 4.78 is 0. The van der Waals surface area contributed by atoms with E-state index in [2.05, 4.69) is 24.7 Å². The highest BCUT2D eigenvalue weighted by Gasteiger charge is 1.93. The number of rotatable bonds is 17. The molecule has 20 heavy (non-hydrogen) atoms. The van der Waals surface area contributed by atoms with E-state index in [0.717, 1.165) is 13.1 Å². The van der Waals surface area contributed by atoms with Gasteiger partial charge in [-0.1, -0.05) is 90.9 Å². The molecule has 0 fully saturated rings. The molecular formula is C18H40N2. The van der Waals surface area contributed by atoms with Crippen LogP contribution in [0.3, 0.4) is 0 Å². The Bertz CT molecular complexity index is 141. The van der Waals surface area contributed by atoms with E-state index < -0.39 is 0 Å². The second-order valence-corrected chi connectivity index (χ2v) is 6.10. The average molecular weight is 285 g/mol. The van der Waals surface area contributed by atoms with Crippen LogP contribution in [0.5, 0.6) is 0 Å². The van der Waals surface area contributed by atoms with Gasteiger partial charge in [-0.3, -0.25) is 10.9 Å². The summed E-state index contributed by atoms with van der Waals surface area (Å²) in [5, 5.41) is 0. The molecule has 0 bridgehead atoms. The summed E-state index contributed by atoms with van der Waals surface area (Å²) in [5.74, 6) is 0. The van der Waals surface area contributed by atoms with Crippen LogP contribution in [0, 0.1) is 0 Å². The molecule has 0 aliphatic rings. The lowest BCUT2D eigenvalue weighted by molar-refractivity contribution is 0.488. The molecular weight excluding hydrogens is 244 g/mol. The largest absolute Gasteiger partial charge is 0.258 e. The van der Waals surface area contributed by atoms with Gasteiger partial charge in [-0.05, 0) is 12.8 Å². The fourth-order valence-corrected chi connectivity index (χ4v) is 2.50. The first-order chi connectivity index (χ1) is 9.91. The summed E-state index contributed by atoms with van der Waals surface area (Å²) >= 11 is 0. The molecule has 2 heteroatoms.